The molecule has 0 spiro atoms. The van der Waals surface area contributed by atoms with Crippen LogP contribution in [-0.2, 0) is 6.18 Å². The van der Waals surface area contributed by atoms with E-state index in [-0.39, 0.29) is 5.56 Å². The fourth-order valence-corrected chi connectivity index (χ4v) is 4.11. The van der Waals surface area contributed by atoms with Crippen LogP contribution in [0.5, 0.6) is 0 Å². The van der Waals surface area contributed by atoms with Crippen molar-refractivity contribution in [2.75, 3.05) is 19.4 Å². The molecule has 0 aliphatic heterocycles. The Bertz CT molecular complexity index is 967. The molecule has 2 aromatic carbocycles. The Morgan fingerprint density at radius 1 is 1.19 bits per heavy atom. The Balaban J connectivity index is 2.26. The van der Waals surface area contributed by atoms with Gasteiger partial charge in [0.05, 0.1) is 5.56 Å². The second-order valence-electron chi connectivity index (χ2n) is 8.37. The normalized spacial score (nSPS) is 14.3. The molecule has 0 saturated heterocycles. The number of hydrogen-bond acceptors (Lipinski definition) is 3. The van der Waals surface area contributed by atoms with Crippen molar-refractivity contribution in [3.8, 4) is 0 Å². The highest BCUT2D eigenvalue weighted by Gasteiger charge is 2.31. The van der Waals surface area contributed by atoms with E-state index in [0.29, 0.717) is 17.6 Å². The predicted octanol–water partition coefficient (Wildman–Crippen LogP) is 5.93. The standard InChI is InChI=1S/C25H32F3N3O/c1-6-23(31(4)5)17(3)12-19(15-29)22-14-21(11-10-16(22)2)30-24(32)18-8-7-9-20(13-18)25(26,27)28/h7-11,13-15,17,23H,6,12,29H2,1-5H3,(H,30,32)/b19-15+. The van der Waals surface area contributed by atoms with Gasteiger partial charge in [-0.25, -0.2) is 0 Å². The van der Waals surface area contributed by atoms with E-state index in [1.165, 1.54) is 12.1 Å². The van der Waals surface area contributed by atoms with Gasteiger partial charge in [-0.05, 0) is 93.0 Å². The number of carbonyl (C=O) groups excluding carboxylic acids is 1. The molecule has 0 heterocycles. The van der Waals surface area contributed by atoms with Crippen LogP contribution in [-0.4, -0.2) is 30.9 Å². The highest BCUT2D eigenvalue weighted by Crippen LogP contribution is 2.31. The SMILES string of the molecule is CCC(C(C)C/C(=C\N)c1cc(NC(=O)c2cccc(C(F)(F)F)c2)ccc1C)N(C)C. The van der Waals surface area contributed by atoms with Crippen molar-refractivity contribution in [3.63, 3.8) is 0 Å². The van der Waals surface area contributed by atoms with Crippen LogP contribution in [0.1, 0.15) is 53.7 Å². The molecule has 0 fully saturated rings. The van der Waals surface area contributed by atoms with E-state index in [2.05, 4.69) is 38.2 Å². The fourth-order valence-electron chi connectivity index (χ4n) is 4.11. The van der Waals surface area contributed by atoms with Crippen molar-refractivity contribution >= 4 is 17.2 Å². The van der Waals surface area contributed by atoms with Gasteiger partial charge >= 0.3 is 6.18 Å². The molecule has 0 aromatic heterocycles. The van der Waals surface area contributed by atoms with Crippen LogP contribution in [0, 0.1) is 12.8 Å². The maximum Gasteiger partial charge on any atom is 0.416 e. The van der Waals surface area contributed by atoms with Crippen molar-refractivity contribution in [1.29, 1.82) is 0 Å². The smallest absolute Gasteiger partial charge is 0.404 e. The van der Waals surface area contributed by atoms with Crippen LogP contribution < -0.4 is 11.1 Å². The van der Waals surface area contributed by atoms with Crippen molar-refractivity contribution in [1.82, 2.24) is 4.90 Å². The van der Waals surface area contributed by atoms with Crippen molar-refractivity contribution in [2.45, 2.75) is 45.8 Å². The van der Waals surface area contributed by atoms with Gasteiger partial charge in [-0.1, -0.05) is 26.0 Å². The number of anilines is 1. The summed E-state index contributed by atoms with van der Waals surface area (Å²) in [4.78, 5) is 14.8. The highest BCUT2D eigenvalue weighted by molar-refractivity contribution is 6.04. The van der Waals surface area contributed by atoms with Gasteiger partial charge in [0.15, 0.2) is 0 Å². The van der Waals surface area contributed by atoms with Crippen LogP contribution in [0.25, 0.3) is 5.57 Å². The molecule has 0 saturated carbocycles. The summed E-state index contributed by atoms with van der Waals surface area (Å²) in [5.41, 5.74) is 8.44. The number of carbonyl (C=O) groups is 1. The Morgan fingerprint density at radius 2 is 1.88 bits per heavy atom. The number of benzene rings is 2. The Labute approximate surface area is 188 Å². The Morgan fingerprint density at radius 3 is 2.44 bits per heavy atom. The van der Waals surface area contributed by atoms with Gasteiger partial charge in [-0.2, -0.15) is 13.2 Å². The third-order valence-corrected chi connectivity index (χ3v) is 5.77. The van der Waals surface area contributed by atoms with Crippen molar-refractivity contribution < 1.29 is 18.0 Å². The van der Waals surface area contributed by atoms with Crippen molar-refractivity contribution in [3.05, 3.63) is 70.9 Å². The average Bonchev–Trinajstić information content (AvgIpc) is 2.73. The van der Waals surface area contributed by atoms with Gasteiger partial charge < -0.3 is 16.0 Å². The first-order valence-electron chi connectivity index (χ1n) is 10.6. The molecule has 2 aromatic rings. The van der Waals surface area contributed by atoms with E-state index in [4.69, 9.17) is 5.73 Å². The van der Waals surface area contributed by atoms with Crippen LogP contribution in [0.2, 0.25) is 0 Å². The number of nitrogens with one attached hydrogen (secondary N) is 1. The summed E-state index contributed by atoms with van der Waals surface area (Å²) in [6.07, 6.45) is -1.13. The number of alkyl halides is 3. The van der Waals surface area contributed by atoms with Crippen LogP contribution in [0.3, 0.4) is 0 Å². The van der Waals surface area contributed by atoms with E-state index >= 15 is 0 Å². The fraction of sp³-hybridized carbons (Fsp3) is 0.400. The summed E-state index contributed by atoms with van der Waals surface area (Å²) in [6, 6.07) is 10.2. The first-order chi connectivity index (χ1) is 15.0. The lowest BCUT2D eigenvalue weighted by Gasteiger charge is -2.30. The number of halogens is 3. The molecule has 32 heavy (non-hydrogen) atoms. The summed E-state index contributed by atoms with van der Waals surface area (Å²) in [5.74, 6) is -0.247. The number of nitrogens with two attached hydrogens (primary N) is 1. The van der Waals surface area contributed by atoms with Crippen molar-refractivity contribution in [2.24, 2.45) is 11.7 Å². The summed E-state index contributed by atoms with van der Waals surface area (Å²) in [7, 11) is 4.12. The second kappa shape index (κ2) is 10.7. The third kappa shape index (κ3) is 6.36. The van der Waals surface area contributed by atoms with Crippen LogP contribution >= 0.6 is 0 Å². The van der Waals surface area contributed by atoms with E-state index < -0.39 is 17.6 Å². The molecule has 0 aliphatic carbocycles. The summed E-state index contributed by atoms with van der Waals surface area (Å²) in [6.45, 7) is 6.31. The van der Waals surface area contributed by atoms with Gasteiger partial charge in [0.25, 0.3) is 5.91 Å². The molecule has 2 unspecified atom stereocenters. The number of rotatable bonds is 8. The zero-order valence-electron chi connectivity index (χ0n) is 19.3. The third-order valence-electron chi connectivity index (χ3n) is 5.77. The minimum absolute atomic E-state index is 0.0538. The molecule has 3 N–H and O–H groups in total. The van der Waals surface area contributed by atoms with Gasteiger partial charge in [0, 0.05) is 17.3 Å². The molecule has 0 aliphatic rings. The molecule has 1 amide bonds. The van der Waals surface area contributed by atoms with Gasteiger partial charge in [0.1, 0.15) is 0 Å². The van der Waals surface area contributed by atoms with Crippen LogP contribution in [0.4, 0.5) is 18.9 Å². The summed E-state index contributed by atoms with van der Waals surface area (Å²) >= 11 is 0. The maximum atomic E-state index is 13.0. The predicted molar refractivity (Wildman–Crippen MR) is 124 cm³/mol. The summed E-state index contributed by atoms with van der Waals surface area (Å²) < 4.78 is 38.9. The molecular formula is C25H32F3N3O. The zero-order valence-corrected chi connectivity index (χ0v) is 19.3. The monoisotopic (exact) mass is 447 g/mol. The van der Waals surface area contributed by atoms with E-state index in [0.717, 1.165) is 41.7 Å². The summed E-state index contributed by atoms with van der Waals surface area (Å²) in [5, 5.41) is 2.71. The number of aryl methyl sites for hydroxylation is 1. The molecule has 174 valence electrons. The van der Waals surface area contributed by atoms with E-state index in [9.17, 15) is 18.0 Å². The van der Waals surface area contributed by atoms with Gasteiger partial charge in [0.2, 0.25) is 0 Å². The lowest BCUT2D eigenvalue weighted by Crippen LogP contribution is -2.33. The Hall–Kier alpha value is -2.80. The first-order valence-corrected chi connectivity index (χ1v) is 10.6. The van der Waals surface area contributed by atoms with Gasteiger partial charge in [-0.3, -0.25) is 4.79 Å². The largest absolute Gasteiger partial charge is 0.416 e. The molecule has 0 bridgehead atoms. The minimum Gasteiger partial charge on any atom is -0.404 e. The van der Waals surface area contributed by atoms with Crippen LogP contribution in [0.15, 0.2) is 48.7 Å². The quantitative estimate of drug-likeness (QED) is 0.527. The highest BCUT2D eigenvalue weighted by atomic mass is 19.4. The molecule has 4 nitrogen and oxygen atoms in total. The lowest BCUT2D eigenvalue weighted by molar-refractivity contribution is -0.137. The second-order valence-corrected chi connectivity index (χ2v) is 8.37. The number of amides is 1. The van der Waals surface area contributed by atoms with Gasteiger partial charge in [-0.15, -0.1) is 0 Å². The molecular weight excluding hydrogens is 415 g/mol. The number of nitrogens with zero attached hydrogens (tertiary/aromatic N) is 1. The topological polar surface area (TPSA) is 58.4 Å². The zero-order chi connectivity index (χ0) is 24.1. The molecule has 0 radical (unpaired) electrons. The Kier molecular flexibility index (Phi) is 8.50. The molecule has 2 atom stereocenters. The average molecular weight is 448 g/mol. The maximum absolute atomic E-state index is 13.0. The molecule has 2 rings (SSSR count). The lowest BCUT2D eigenvalue weighted by atomic mass is 9.87. The number of allylic oxidation sites excluding steroid dienone is 1. The van der Waals surface area contributed by atoms with E-state index in [1.807, 2.05) is 19.1 Å². The number of hydrogen-bond donors (Lipinski definition) is 2. The molecule has 7 heteroatoms. The first kappa shape index (κ1) is 25.5. The van der Waals surface area contributed by atoms with E-state index in [1.54, 1.807) is 12.3 Å². The minimum atomic E-state index is -4.51.